The van der Waals surface area contributed by atoms with E-state index in [1.165, 1.54) is 22.5 Å². The highest BCUT2D eigenvalue weighted by atomic mass is 35.5. The van der Waals surface area contributed by atoms with Gasteiger partial charge in [0.15, 0.2) is 0 Å². The minimum Gasteiger partial charge on any atom is -0.398 e. The summed E-state index contributed by atoms with van der Waals surface area (Å²) in [5.41, 5.74) is 11.1. The molecular formula is C12H16ClN3O3S. The molecule has 1 amide bonds. The van der Waals surface area contributed by atoms with Crippen molar-refractivity contribution in [3.63, 3.8) is 0 Å². The molecule has 1 aliphatic heterocycles. The van der Waals surface area contributed by atoms with Crippen LogP contribution in [0, 0.1) is 5.92 Å². The van der Waals surface area contributed by atoms with Crippen LogP contribution in [0.4, 0.5) is 5.69 Å². The maximum atomic E-state index is 12.5. The van der Waals surface area contributed by atoms with Crippen LogP contribution in [0.15, 0.2) is 23.1 Å². The summed E-state index contributed by atoms with van der Waals surface area (Å²) in [5.74, 6) is -0.930. The number of nitrogen functional groups attached to an aromatic ring is 1. The Balaban J connectivity index is 2.32. The second kappa shape index (κ2) is 5.59. The van der Waals surface area contributed by atoms with Gasteiger partial charge in [-0.3, -0.25) is 4.79 Å². The van der Waals surface area contributed by atoms with Crippen LogP contribution in [0.25, 0.3) is 0 Å². The first kappa shape index (κ1) is 15.1. The van der Waals surface area contributed by atoms with Crippen molar-refractivity contribution in [3.8, 4) is 0 Å². The molecule has 1 atom stereocenters. The normalized spacial score (nSPS) is 20.8. The van der Waals surface area contributed by atoms with Gasteiger partial charge in [-0.15, -0.1) is 0 Å². The van der Waals surface area contributed by atoms with Crippen molar-refractivity contribution >= 4 is 33.2 Å². The molecule has 1 fully saturated rings. The number of hydrogen-bond acceptors (Lipinski definition) is 4. The summed E-state index contributed by atoms with van der Waals surface area (Å²) in [6.45, 7) is 0.452. The van der Waals surface area contributed by atoms with E-state index in [2.05, 4.69) is 0 Å². The molecule has 6 nitrogen and oxygen atoms in total. The van der Waals surface area contributed by atoms with E-state index in [-0.39, 0.29) is 17.1 Å². The molecular weight excluding hydrogens is 302 g/mol. The molecule has 0 radical (unpaired) electrons. The first-order chi connectivity index (χ1) is 9.32. The van der Waals surface area contributed by atoms with Gasteiger partial charge in [-0.2, -0.15) is 4.31 Å². The summed E-state index contributed by atoms with van der Waals surface area (Å²) >= 11 is 5.77. The van der Waals surface area contributed by atoms with Crippen molar-refractivity contribution in [2.45, 2.75) is 17.7 Å². The van der Waals surface area contributed by atoms with Crippen LogP contribution < -0.4 is 11.5 Å². The Bertz CT molecular complexity index is 633. The number of nitrogens with zero attached hydrogens (tertiary/aromatic N) is 1. The smallest absolute Gasteiger partial charge is 0.245 e. The zero-order valence-electron chi connectivity index (χ0n) is 10.8. The molecule has 1 aromatic rings. The lowest BCUT2D eigenvalue weighted by Crippen LogP contribution is -2.44. The van der Waals surface area contributed by atoms with Crippen LogP contribution in [0.3, 0.4) is 0 Å². The lowest BCUT2D eigenvalue weighted by Gasteiger charge is -2.30. The van der Waals surface area contributed by atoms with Gasteiger partial charge in [0.25, 0.3) is 0 Å². The summed E-state index contributed by atoms with van der Waals surface area (Å²) in [7, 11) is -3.73. The topological polar surface area (TPSA) is 106 Å². The van der Waals surface area contributed by atoms with Crippen LogP contribution >= 0.6 is 11.6 Å². The SMILES string of the molecule is NC(=O)C1CCCN(S(=O)(=O)c2ccc(Cl)cc2N)C1. The number of nitrogens with two attached hydrogens (primary N) is 2. The van der Waals surface area contributed by atoms with Gasteiger partial charge < -0.3 is 11.5 Å². The zero-order valence-corrected chi connectivity index (χ0v) is 12.3. The second-order valence-corrected chi connectivity index (χ2v) is 7.13. The van der Waals surface area contributed by atoms with Crippen LogP contribution in [0.1, 0.15) is 12.8 Å². The molecule has 0 bridgehead atoms. The van der Waals surface area contributed by atoms with E-state index in [9.17, 15) is 13.2 Å². The molecule has 1 aliphatic rings. The van der Waals surface area contributed by atoms with Gasteiger partial charge in [-0.25, -0.2) is 8.42 Å². The fourth-order valence-electron chi connectivity index (χ4n) is 2.29. The Labute approximate surface area is 122 Å². The minimum atomic E-state index is -3.73. The van der Waals surface area contributed by atoms with E-state index in [1.807, 2.05) is 0 Å². The number of sulfonamides is 1. The van der Waals surface area contributed by atoms with E-state index >= 15 is 0 Å². The highest BCUT2D eigenvalue weighted by Crippen LogP contribution is 2.28. The van der Waals surface area contributed by atoms with Gasteiger partial charge >= 0.3 is 0 Å². The van der Waals surface area contributed by atoms with Crippen molar-refractivity contribution in [1.82, 2.24) is 4.31 Å². The molecule has 0 aliphatic carbocycles. The predicted octanol–water partition coefficient (Wildman–Crippen LogP) is 0.808. The van der Waals surface area contributed by atoms with Crippen LogP contribution in [0.2, 0.25) is 5.02 Å². The molecule has 1 saturated heterocycles. The molecule has 4 N–H and O–H groups in total. The highest BCUT2D eigenvalue weighted by Gasteiger charge is 2.33. The van der Waals surface area contributed by atoms with E-state index in [0.29, 0.717) is 24.4 Å². The molecule has 0 saturated carbocycles. The van der Waals surface area contributed by atoms with Gasteiger partial charge in [0.1, 0.15) is 4.90 Å². The molecule has 2 rings (SSSR count). The number of amides is 1. The number of rotatable bonds is 3. The molecule has 20 heavy (non-hydrogen) atoms. The first-order valence-corrected chi connectivity index (χ1v) is 7.98. The average molecular weight is 318 g/mol. The van der Waals surface area contributed by atoms with Crippen molar-refractivity contribution in [1.29, 1.82) is 0 Å². The first-order valence-electron chi connectivity index (χ1n) is 6.17. The third kappa shape index (κ3) is 2.89. The Morgan fingerprint density at radius 3 is 2.70 bits per heavy atom. The largest absolute Gasteiger partial charge is 0.398 e. The summed E-state index contributed by atoms with van der Waals surface area (Å²) in [6, 6.07) is 4.24. The van der Waals surface area contributed by atoms with Crippen LogP contribution in [0.5, 0.6) is 0 Å². The molecule has 110 valence electrons. The van der Waals surface area contributed by atoms with E-state index < -0.39 is 21.8 Å². The summed E-state index contributed by atoms with van der Waals surface area (Å²) in [5, 5.41) is 0.370. The number of benzene rings is 1. The number of primary amides is 1. The van der Waals surface area contributed by atoms with Crippen molar-refractivity contribution in [3.05, 3.63) is 23.2 Å². The number of carbonyl (C=O) groups is 1. The molecule has 8 heteroatoms. The lowest BCUT2D eigenvalue weighted by molar-refractivity contribution is -0.122. The molecule has 1 unspecified atom stereocenters. The van der Waals surface area contributed by atoms with E-state index in [0.717, 1.165) is 0 Å². The Kier molecular flexibility index (Phi) is 4.22. The number of halogens is 1. The molecule has 1 heterocycles. The van der Waals surface area contributed by atoms with Crippen molar-refractivity contribution in [2.24, 2.45) is 11.7 Å². The maximum Gasteiger partial charge on any atom is 0.245 e. The Morgan fingerprint density at radius 1 is 1.40 bits per heavy atom. The fourth-order valence-corrected chi connectivity index (χ4v) is 4.09. The second-order valence-electron chi connectivity index (χ2n) is 4.79. The number of anilines is 1. The van der Waals surface area contributed by atoms with Gasteiger partial charge in [0, 0.05) is 18.1 Å². The summed E-state index contributed by atoms with van der Waals surface area (Å²) in [6.07, 6.45) is 1.21. The van der Waals surface area contributed by atoms with E-state index in [1.54, 1.807) is 0 Å². The number of piperidine rings is 1. The maximum absolute atomic E-state index is 12.5. The number of hydrogen-bond donors (Lipinski definition) is 2. The Morgan fingerprint density at radius 2 is 2.10 bits per heavy atom. The Hall–Kier alpha value is -1.31. The summed E-state index contributed by atoms with van der Waals surface area (Å²) < 4.78 is 26.3. The van der Waals surface area contributed by atoms with Crippen LogP contribution in [-0.4, -0.2) is 31.7 Å². The van der Waals surface area contributed by atoms with Crippen LogP contribution in [-0.2, 0) is 14.8 Å². The fraction of sp³-hybridized carbons (Fsp3) is 0.417. The quantitative estimate of drug-likeness (QED) is 0.804. The highest BCUT2D eigenvalue weighted by molar-refractivity contribution is 7.89. The van der Waals surface area contributed by atoms with Gasteiger partial charge in [-0.1, -0.05) is 11.6 Å². The minimum absolute atomic E-state index is 0.00650. The molecule has 0 aromatic heterocycles. The van der Waals surface area contributed by atoms with Gasteiger partial charge in [-0.05, 0) is 31.0 Å². The molecule has 0 spiro atoms. The monoisotopic (exact) mass is 317 g/mol. The third-order valence-electron chi connectivity index (χ3n) is 3.38. The predicted molar refractivity (Wildman–Crippen MR) is 76.5 cm³/mol. The summed E-state index contributed by atoms with van der Waals surface area (Å²) in [4.78, 5) is 11.2. The van der Waals surface area contributed by atoms with Gasteiger partial charge in [0.2, 0.25) is 15.9 Å². The molecule has 1 aromatic carbocycles. The van der Waals surface area contributed by atoms with Crippen molar-refractivity contribution in [2.75, 3.05) is 18.8 Å². The zero-order chi connectivity index (χ0) is 14.9. The van der Waals surface area contributed by atoms with Crippen molar-refractivity contribution < 1.29 is 13.2 Å². The van der Waals surface area contributed by atoms with E-state index in [4.69, 9.17) is 23.1 Å². The average Bonchev–Trinajstić information content (AvgIpc) is 2.38. The lowest BCUT2D eigenvalue weighted by atomic mass is 9.99. The van der Waals surface area contributed by atoms with Gasteiger partial charge in [0.05, 0.1) is 11.6 Å². The standard InChI is InChI=1S/C12H16ClN3O3S/c13-9-3-4-11(10(14)6-9)20(18,19)16-5-1-2-8(7-16)12(15)17/h3-4,6,8H,1-2,5,7,14H2,(H2,15,17). The third-order valence-corrected chi connectivity index (χ3v) is 5.55. The number of carbonyl (C=O) groups excluding carboxylic acids is 1.